The van der Waals surface area contributed by atoms with Crippen molar-refractivity contribution in [1.82, 2.24) is 10.2 Å². The van der Waals surface area contributed by atoms with Gasteiger partial charge in [0, 0.05) is 38.9 Å². The predicted octanol–water partition coefficient (Wildman–Crippen LogP) is 1.72. The number of anilines is 1. The highest BCUT2D eigenvalue weighted by molar-refractivity contribution is 5.46. The molecule has 0 aliphatic rings. The monoisotopic (exact) mass is 279 g/mol. The van der Waals surface area contributed by atoms with Crippen LogP contribution in [0.3, 0.4) is 0 Å². The van der Waals surface area contributed by atoms with Gasteiger partial charge in [0.1, 0.15) is 0 Å². The molecule has 4 heteroatoms. The van der Waals surface area contributed by atoms with Gasteiger partial charge in [-0.05, 0) is 45.6 Å². The van der Waals surface area contributed by atoms with Crippen LogP contribution in [0.25, 0.3) is 0 Å². The van der Waals surface area contributed by atoms with Crippen molar-refractivity contribution in [2.75, 3.05) is 46.2 Å². The number of hydrogen-bond acceptors (Lipinski definition) is 4. The van der Waals surface area contributed by atoms with Crippen molar-refractivity contribution in [3.05, 3.63) is 29.8 Å². The molecular weight excluding hydrogens is 250 g/mol. The highest BCUT2D eigenvalue weighted by atomic mass is 16.3. The van der Waals surface area contributed by atoms with Crippen LogP contribution in [0.2, 0.25) is 0 Å². The van der Waals surface area contributed by atoms with Crippen molar-refractivity contribution in [1.29, 1.82) is 0 Å². The van der Waals surface area contributed by atoms with Gasteiger partial charge in [-0.15, -0.1) is 0 Å². The van der Waals surface area contributed by atoms with E-state index < -0.39 is 5.60 Å². The van der Waals surface area contributed by atoms with E-state index in [1.165, 1.54) is 11.3 Å². The normalized spacial score (nSPS) is 16.0. The summed E-state index contributed by atoms with van der Waals surface area (Å²) in [5, 5.41) is 13.7. The fourth-order valence-electron chi connectivity index (χ4n) is 2.29. The standard InChI is InChI=1S/C16H29N3O/c1-13(17-11-16(2,20)12-18(3)4)14-7-9-15(10-8-14)19(5)6/h7-10,13,17,20H,11-12H2,1-6H3. The maximum atomic E-state index is 10.3. The van der Waals surface area contributed by atoms with Gasteiger partial charge in [-0.25, -0.2) is 0 Å². The van der Waals surface area contributed by atoms with Crippen molar-refractivity contribution in [2.24, 2.45) is 0 Å². The molecule has 0 saturated heterocycles. The quantitative estimate of drug-likeness (QED) is 0.797. The Morgan fingerprint density at radius 2 is 1.70 bits per heavy atom. The summed E-state index contributed by atoms with van der Waals surface area (Å²) in [7, 11) is 8.01. The van der Waals surface area contributed by atoms with E-state index in [9.17, 15) is 5.11 Å². The summed E-state index contributed by atoms with van der Waals surface area (Å²) in [5.41, 5.74) is 1.71. The summed E-state index contributed by atoms with van der Waals surface area (Å²) in [6, 6.07) is 8.72. The van der Waals surface area contributed by atoms with Crippen LogP contribution in [-0.4, -0.2) is 56.9 Å². The van der Waals surface area contributed by atoms with E-state index in [0.29, 0.717) is 13.1 Å². The molecule has 0 heterocycles. The molecule has 0 fully saturated rings. The maximum absolute atomic E-state index is 10.3. The molecule has 4 nitrogen and oxygen atoms in total. The van der Waals surface area contributed by atoms with E-state index in [1.54, 1.807) is 0 Å². The van der Waals surface area contributed by atoms with Gasteiger partial charge in [0.25, 0.3) is 0 Å². The van der Waals surface area contributed by atoms with Gasteiger partial charge in [0.15, 0.2) is 0 Å². The third-order valence-corrected chi connectivity index (χ3v) is 3.36. The lowest BCUT2D eigenvalue weighted by molar-refractivity contribution is 0.0317. The van der Waals surface area contributed by atoms with E-state index in [0.717, 1.165) is 0 Å². The number of rotatable bonds is 7. The van der Waals surface area contributed by atoms with Crippen LogP contribution in [0, 0.1) is 0 Å². The molecule has 114 valence electrons. The molecule has 0 saturated carbocycles. The molecule has 1 rings (SSSR count). The molecule has 0 aromatic heterocycles. The average Bonchev–Trinajstić information content (AvgIpc) is 2.34. The fraction of sp³-hybridized carbons (Fsp3) is 0.625. The summed E-state index contributed by atoms with van der Waals surface area (Å²) in [4.78, 5) is 4.09. The van der Waals surface area contributed by atoms with E-state index >= 15 is 0 Å². The van der Waals surface area contributed by atoms with E-state index in [4.69, 9.17) is 0 Å². The lowest BCUT2D eigenvalue weighted by Gasteiger charge is -2.29. The smallest absolute Gasteiger partial charge is 0.0869 e. The first kappa shape index (κ1) is 17.0. The summed E-state index contributed by atoms with van der Waals surface area (Å²) >= 11 is 0. The number of nitrogens with zero attached hydrogens (tertiary/aromatic N) is 2. The van der Waals surface area contributed by atoms with Crippen LogP contribution < -0.4 is 10.2 Å². The molecule has 0 bridgehead atoms. The third kappa shape index (κ3) is 5.49. The zero-order valence-corrected chi connectivity index (χ0v) is 13.6. The molecule has 1 aromatic carbocycles. The van der Waals surface area contributed by atoms with Gasteiger partial charge >= 0.3 is 0 Å². The highest BCUT2D eigenvalue weighted by Gasteiger charge is 2.22. The first-order valence-corrected chi connectivity index (χ1v) is 7.09. The Morgan fingerprint density at radius 1 is 1.15 bits per heavy atom. The Balaban J connectivity index is 2.56. The Bertz CT molecular complexity index is 399. The Hall–Kier alpha value is -1.10. The van der Waals surface area contributed by atoms with Crippen molar-refractivity contribution in [2.45, 2.75) is 25.5 Å². The molecule has 2 unspecified atom stereocenters. The number of aliphatic hydroxyl groups is 1. The second-order valence-corrected chi connectivity index (χ2v) is 6.32. The minimum Gasteiger partial charge on any atom is -0.388 e. The molecule has 0 aliphatic carbocycles. The number of likely N-dealkylation sites (N-methyl/N-ethyl adjacent to an activating group) is 1. The molecule has 0 amide bonds. The van der Waals surface area contributed by atoms with E-state index in [-0.39, 0.29) is 6.04 Å². The Kier molecular flexibility index (Phi) is 5.99. The molecule has 2 atom stereocenters. The van der Waals surface area contributed by atoms with Gasteiger partial charge in [-0.1, -0.05) is 12.1 Å². The van der Waals surface area contributed by atoms with Gasteiger partial charge in [0.05, 0.1) is 5.60 Å². The predicted molar refractivity (Wildman–Crippen MR) is 86.4 cm³/mol. The lowest BCUT2D eigenvalue weighted by atomic mass is 10.0. The Morgan fingerprint density at radius 3 is 2.15 bits per heavy atom. The zero-order chi connectivity index (χ0) is 15.3. The van der Waals surface area contributed by atoms with Crippen LogP contribution >= 0.6 is 0 Å². The van der Waals surface area contributed by atoms with Crippen molar-refractivity contribution < 1.29 is 5.11 Å². The molecular formula is C16H29N3O. The first-order valence-electron chi connectivity index (χ1n) is 7.09. The molecule has 20 heavy (non-hydrogen) atoms. The fourth-order valence-corrected chi connectivity index (χ4v) is 2.29. The topological polar surface area (TPSA) is 38.7 Å². The van der Waals surface area contributed by atoms with E-state index in [1.807, 2.05) is 40.0 Å². The summed E-state index contributed by atoms with van der Waals surface area (Å²) < 4.78 is 0. The van der Waals surface area contributed by atoms with Crippen molar-refractivity contribution >= 4 is 5.69 Å². The molecule has 0 aliphatic heterocycles. The van der Waals surface area contributed by atoms with Crippen LogP contribution in [0.1, 0.15) is 25.5 Å². The largest absolute Gasteiger partial charge is 0.388 e. The van der Waals surface area contributed by atoms with Gasteiger partial charge < -0.3 is 20.2 Å². The number of hydrogen-bond donors (Lipinski definition) is 2. The number of nitrogens with one attached hydrogen (secondary N) is 1. The second-order valence-electron chi connectivity index (χ2n) is 6.32. The Labute approximate surface area is 123 Å². The third-order valence-electron chi connectivity index (χ3n) is 3.36. The molecule has 2 N–H and O–H groups in total. The van der Waals surface area contributed by atoms with Crippen LogP contribution in [0.15, 0.2) is 24.3 Å². The minimum atomic E-state index is -0.721. The summed E-state index contributed by atoms with van der Waals surface area (Å²) in [6.45, 7) is 5.20. The highest BCUT2D eigenvalue weighted by Crippen LogP contribution is 2.18. The minimum absolute atomic E-state index is 0.222. The van der Waals surface area contributed by atoms with Crippen molar-refractivity contribution in [3.8, 4) is 0 Å². The summed E-state index contributed by atoms with van der Waals surface area (Å²) in [5.74, 6) is 0. The zero-order valence-electron chi connectivity index (χ0n) is 13.6. The maximum Gasteiger partial charge on any atom is 0.0869 e. The van der Waals surface area contributed by atoms with Gasteiger partial charge in [-0.3, -0.25) is 0 Å². The van der Waals surface area contributed by atoms with Crippen molar-refractivity contribution in [3.63, 3.8) is 0 Å². The van der Waals surface area contributed by atoms with Crippen LogP contribution in [-0.2, 0) is 0 Å². The number of benzene rings is 1. The first-order chi connectivity index (χ1) is 9.21. The molecule has 0 radical (unpaired) electrons. The van der Waals surface area contributed by atoms with Gasteiger partial charge in [0.2, 0.25) is 0 Å². The second kappa shape index (κ2) is 7.07. The molecule has 0 spiro atoms. The summed E-state index contributed by atoms with van der Waals surface area (Å²) in [6.07, 6.45) is 0. The van der Waals surface area contributed by atoms with Crippen LogP contribution in [0.4, 0.5) is 5.69 Å². The molecule has 1 aromatic rings. The van der Waals surface area contributed by atoms with Gasteiger partial charge in [-0.2, -0.15) is 0 Å². The average molecular weight is 279 g/mol. The SMILES string of the molecule is CC(NCC(C)(O)CN(C)C)c1ccc(N(C)C)cc1. The van der Waals surface area contributed by atoms with Crippen LogP contribution in [0.5, 0.6) is 0 Å². The lowest BCUT2D eigenvalue weighted by Crippen LogP contribution is -2.46. The van der Waals surface area contributed by atoms with E-state index in [2.05, 4.69) is 41.4 Å².